The van der Waals surface area contributed by atoms with Crippen molar-refractivity contribution in [2.24, 2.45) is 5.92 Å². The van der Waals surface area contributed by atoms with Gasteiger partial charge in [-0.3, -0.25) is 0 Å². The van der Waals surface area contributed by atoms with Gasteiger partial charge in [-0.05, 0) is 46.5 Å². The number of hydrogen-bond donors (Lipinski definition) is 1. The first-order chi connectivity index (χ1) is 6.41. The molecule has 0 aromatic carbocycles. The molecule has 1 N–H and O–H groups in total. The van der Waals surface area contributed by atoms with Crippen molar-refractivity contribution in [1.82, 2.24) is 4.72 Å². The molecule has 2 atom stereocenters. The molecule has 0 radical (unpaired) electrons. The minimum Gasteiger partial charge on any atom is -0.242 e. The van der Waals surface area contributed by atoms with Gasteiger partial charge in [0.05, 0.1) is 15.7 Å². The highest BCUT2D eigenvalue weighted by molar-refractivity contribution is 7.84. The van der Waals surface area contributed by atoms with E-state index in [1.54, 1.807) is 0 Å². The Morgan fingerprint density at radius 1 is 1.29 bits per heavy atom. The zero-order valence-electron chi connectivity index (χ0n) is 9.80. The summed E-state index contributed by atoms with van der Waals surface area (Å²) in [5, 5.41) is 0. The average Bonchev–Trinajstić information content (AvgIpc) is 2.53. The van der Waals surface area contributed by atoms with E-state index in [2.05, 4.69) is 11.6 Å². The van der Waals surface area contributed by atoms with Crippen LogP contribution in [0.1, 0.15) is 53.4 Å². The van der Waals surface area contributed by atoms with Crippen LogP contribution in [0.5, 0.6) is 0 Å². The molecule has 0 saturated heterocycles. The topological polar surface area (TPSA) is 29.1 Å². The molecular formula is C11H23NOS. The Morgan fingerprint density at radius 2 is 1.79 bits per heavy atom. The van der Waals surface area contributed by atoms with E-state index < -0.39 is 11.0 Å². The second-order valence-electron chi connectivity index (χ2n) is 5.33. The fraction of sp³-hybridized carbons (Fsp3) is 1.00. The maximum atomic E-state index is 11.8. The fourth-order valence-electron chi connectivity index (χ4n) is 1.90. The van der Waals surface area contributed by atoms with Gasteiger partial charge in [0.15, 0.2) is 0 Å². The Labute approximate surface area is 90.4 Å². The summed E-state index contributed by atoms with van der Waals surface area (Å²) in [7, 11) is -0.913. The van der Waals surface area contributed by atoms with Gasteiger partial charge in [-0.25, -0.2) is 8.93 Å². The lowest BCUT2D eigenvalue weighted by Gasteiger charge is -2.25. The van der Waals surface area contributed by atoms with Crippen LogP contribution in [0.15, 0.2) is 0 Å². The average molecular weight is 217 g/mol. The predicted octanol–water partition coefficient (Wildman–Crippen LogP) is 2.62. The molecule has 2 nitrogen and oxygen atoms in total. The number of hydrogen-bond acceptors (Lipinski definition) is 1. The maximum Gasteiger partial charge on any atom is 0.0972 e. The van der Waals surface area contributed by atoms with Crippen molar-refractivity contribution in [2.45, 2.75) is 64.2 Å². The van der Waals surface area contributed by atoms with E-state index in [-0.39, 0.29) is 4.75 Å². The van der Waals surface area contributed by atoms with Crippen molar-refractivity contribution >= 4 is 11.0 Å². The molecule has 84 valence electrons. The molecule has 1 aliphatic rings. The van der Waals surface area contributed by atoms with Crippen LogP contribution in [-0.4, -0.2) is 15.0 Å². The van der Waals surface area contributed by atoms with Crippen LogP contribution in [0.4, 0.5) is 0 Å². The highest BCUT2D eigenvalue weighted by Crippen LogP contribution is 2.28. The Hall–Kier alpha value is 0.110. The van der Waals surface area contributed by atoms with Gasteiger partial charge in [0.25, 0.3) is 0 Å². The Bertz CT molecular complexity index is 204. The first kappa shape index (κ1) is 12.2. The zero-order chi connectivity index (χ0) is 10.8. The fourth-order valence-corrected chi connectivity index (χ4v) is 2.78. The van der Waals surface area contributed by atoms with E-state index in [0.717, 1.165) is 5.92 Å². The van der Waals surface area contributed by atoms with Crippen molar-refractivity contribution in [2.75, 3.05) is 0 Å². The van der Waals surface area contributed by atoms with Crippen molar-refractivity contribution in [3.63, 3.8) is 0 Å². The quantitative estimate of drug-likeness (QED) is 0.773. The SMILES string of the molecule is C[C@@H](N[S@@](=O)C(C)(C)C)C1CCCC1. The van der Waals surface area contributed by atoms with Gasteiger partial charge in [0, 0.05) is 6.04 Å². The molecule has 1 rings (SSSR count). The molecule has 0 aromatic rings. The lowest BCUT2D eigenvalue weighted by atomic mass is 10.0. The van der Waals surface area contributed by atoms with Gasteiger partial charge >= 0.3 is 0 Å². The van der Waals surface area contributed by atoms with E-state index in [1.165, 1.54) is 25.7 Å². The summed E-state index contributed by atoms with van der Waals surface area (Å²) in [6.45, 7) is 8.20. The summed E-state index contributed by atoms with van der Waals surface area (Å²) < 4.78 is 14.9. The zero-order valence-corrected chi connectivity index (χ0v) is 10.6. The van der Waals surface area contributed by atoms with Crippen LogP contribution in [0.25, 0.3) is 0 Å². The normalized spacial score (nSPS) is 23.7. The Morgan fingerprint density at radius 3 is 2.21 bits per heavy atom. The van der Waals surface area contributed by atoms with E-state index in [1.807, 2.05) is 20.8 Å². The summed E-state index contributed by atoms with van der Waals surface area (Å²) in [6.07, 6.45) is 5.29. The molecular weight excluding hydrogens is 194 g/mol. The molecule has 1 fully saturated rings. The lowest BCUT2D eigenvalue weighted by Crippen LogP contribution is -2.41. The van der Waals surface area contributed by atoms with Gasteiger partial charge in [0.2, 0.25) is 0 Å². The van der Waals surface area contributed by atoms with Gasteiger partial charge in [-0.15, -0.1) is 0 Å². The summed E-state index contributed by atoms with van der Waals surface area (Å²) in [4.78, 5) is 0. The first-order valence-electron chi connectivity index (χ1n) is 5.59. The molecule has 0 bridgehead atoms. The van der Waals surface area contributed by atoms with Gasteiger partial charge in [-0.2, -0.15) is 0 Å². The van der Waals surface area contributed by atoms with Crippen LogP contribution in [0.3, 0.4) is 0 Å². The second kappa shape index (κ2) is 4.75. The molecule has 0 spiro atoms. The van der Waals surface area contributed by atoms with Crippen molar-refractivity contribution in [3.05, 3.63) is 0 Å². The van der Waals surface area contributed by atoms with Crippen molar-refractivity contribution in [3.8, 4) is 0 Å². The maximum absolute atomic E-state index is 11.8. The third-order valence-electron chi connectivity index (χ3n) is 2.96. The molecule has 0 aliphatic heterocycles. The molecule has 1 aliphatic carbocycles. The minimum absolute atomic E-state index is 0.146. The Balaban J connectivity index is 2.39. The van der Waals surface area contributed by atoms with Gasteiger partial charge in [-0.1, -0.05) is 12.8 Å². The summed E-state index contributed by atoms with van der Waals surface area (Å²) >= 11 is 0. The van der Waals surface area contributed by atoms with Gasteiger partial charge in [0.1, 0.15) is 0 Å². The third kappa shape index (κ3) is 3.35. The summed E-state index contributed by atoms with van der Waals surface area (Å²) in [6, 6.07) is 0.401. The third-order valence-corrected chi connectivity index (χ3v) is 4.65. The standard InChI is InChI=1S/C11H23NOS/c1-9(10-7-5-6-8-10)12-14(13)11(2,3)4/h9-10,12H,5-8H2,1-4H3/t9-,14+/m1/s1. The lowest BCUT2D eigenvalue weighted by molar-refractivity contribution is 0.429. The number of nitrogens with one attached hydrogen (secondary N) is 1. The van der Waals surface area contributed by atoms with Crippen LogP contribution in [0.2, 0.25) is 0 Å². The van der Waals surface area contributed by atoms with Gasteiger partial charge < -0.3 is 0 Å². The van der Waals surface area contributed by atoms with E-state index in [4.69, 9.17) is 0 Å². The van der Waals surface area contributed by atoms with E-state index in [0.29, 0.717) is 6.04 Å². The Kier molecular flexibility index (Phi) is 4.14. The van der Waals surface area contributed by atoms with Crippen LogP contribution < -0.4 is 4.72 Å². The molecule has 1 saturated carbocycles. The van der Waals surface area contributed by atoms with E-state index >= 15 is 0 Å². The largest absolute Gasteiger partial charge is 0.242 e. The number of rotatable bonds is 3. The first-order valence-corrected chi connectivity index (χ1v) is 6.74. The highest BCUT2D eigenvalue weighted by atomic mass is 32.2. The molecule has 0 heterocycles. The molecule has 0 amide bonds. The minimum atomic E-state index is -0.913. The summed E-state index contributed by atoms with van der Waals surface area (Å²) in [5.74, 6) is 0.737. The van der Waals surface area contributed by atoms with Crippen LogP contribution in [-0.2, 0) is 11.0 Å². The predicted molar refractivity (Wildman–Crippen MR) is 62.5 cm³/mol. The molecule has 0 unspecified atom stereocenters. The molecule has 3 heteroatoms. The summed E-state index contributed by atoms with van der Waals surface area (Å²) in [5.41, 5.74) is 0. The van der Waals surface area contributed by atoms with Crippen LogP contribution in [0, 0.1) is 5.92 Å². The van der Waals surface area contributed by atoms with Crippen molar-refractivity contribution < 1.29 is 4.21 Å². The second-order valence-corrected chi connectivity index (χ2v) is 7.33. The highest BCUT2D eigenvalue weighted by Gasteiger charge is 2.26. The van der Waals surface area contributed by atoms with Crippen LogP contribution >= 0.6 is 0 Å². The monoisotopic (exact) mass is 217 g/mol. The molecule has 14 heavy (non-hydrogen) atoms. The van der Waals surface area contributed by atoms with E-state index in [9.17, 15) is 4.21 Å². The smallest absolute Gasteiger partial charge is 0.0972 e. The molecule has 0 aromatic heterocycles. The van der Waals surface area contributed by atoms with Crippen molar-refractivity contribution in [1.29, 1.82) is 0 Å².